The molecule has 0 saturated carbocycles. The zero-order valence-corrected chi connectivity index (χ0v) is 20.7. The number of carbonyl (C=O) groups is 1. The topological polar surface area (TPSA) is 56.6 Å². The van der Waals surface area contributed by atoms with Crippen molar-refractivity contribution in [3.05, 3.63) is 41.6 Å². The van der Waals surface area contributed by atoms with Crippen LogP contribution in [0.5, 0.6) is 0 Å². The van der Waals surface area contributed by atoms with Crippen LogP contribution in [0.4, 0.5) is 10.6 Å². The summed E-state index contributed by atoms with van der Waals surface area (Å²) in [5.74, 6) is 1.12. The maximum atomic E-state index is 13.1. The summed E-state index contributed by atoms with van der Waals surface area (Å²) in [6, 6.07) is 10.3. The van der Waals surface area contributed by atoms with Crippen LogP contribution < -0.4 is 10.2 Å². The molecule has 0 aliphatic carbocycles. The molecule has 3 rings (SSSR count). The van der Waals surface area contributed by atoms with E-state index in [4.69, 9.17) is 5.10 Å². The van der Waals surface area contributed by atoms with Gasteiger partial charge >= 0.3 is 6.03 Å². The molecule has 32 heavy (non-hydrogen) atoms. The van der Waals surface area contributed by atoms with Gasteiger partial charge in [-0.3, -0.25) is 0 Å². The SMILES string of the molecule is CCCN(Cc1c(C)nn(-c2ccccc2)c1N1CCN(CC)CC1)C(=O)NC(C)(C)C. The molecule has 1 aliphatic rings. The molecule has 0 unspecified atom stereocenters. The fraction of sp³-hybridized carbons (Fsp3) is 0.600. The molecular formula is C25H40N6O. The minimum Gasteiger partial charge on any atom is -0.354 e. The molecule has 2 aromatic rings. The van der Waals surface area contributed by atoms with E-state index in [1.54, 1.807) is 0 Å². The highest BCUT2D eigenvalue weighted by atomic mass is 16.2. The third-order valence-corrected chi connectivity index (χ3v) is 5.89. The number of benzene rings is 1. The van der Waals surface area contributed by atoms with E-state index in [0.29, 0.717) is 13.1 Å². The summed E-state index contributed by atoms with van der Waals surface area (Å²) < 4.78 is 2.07. The Balaban J connectivity index is 1.98. The average Bonchev–Trinajstić information content (AvgIpc) is 3.09. The number of aromatic nitrogens is 2. The quantitative estimate of drug-likeness (QED) is 0.706. The lowest BCUT2D eigenvalue weighted by Gasteiger charge is -2.36. The second kappa shape index (κ2) is 10.4. The summed E-state index contributed by atoms with van der Waals surface area (Å²) in [5, 5.41) is 8.08. The van der Waals surface area contributed by atoms with Crippen LogP contribution in [-0.2, 0) is 6.54 Å². The third-order valence-electron chi connectivity index (χ3n) is 5.89. The normalized spacial score (nSPS) is 15.1. The fourth-order valence-corrected chi connectivity index (χ4v) is 4.20. The minimum absolute atomic E-state index is 0.0204. The standard InChI is InChI=1S/C25H40N6O/c1-7-14-30(24(32)26-25(4,5)6)19-22-20(3)27-31(21-12-10-9-11-13-21)23(22)29-17-15-28(8-2)16-18-29/h9-13H,7-8,14-19H2,1-6H3,(H,26,32). The Bertz CT molecular complexity index is 878. The van der Waals surface area contributed by atoms with Gasteiger partial charge in [0.2, 0.25) is 0 Å². The number of para-hydroxylation sites is 1. The van der Waals surface area contributed by atoms with Gasteiger partial charge in [-0.05, 0) is 52.8 Å². The number of aryl methyl sites for hydroxylation is 1. The Morgan fingerprint density at radius 3 is 2.31 bits per heavy atom. The van der Waals surface area contributed by atoms with Crippen molar-refractivity contribution < 1.29 is 4.79 Å². The Hall–Kier alpha value is -2.54. The average molecular weight is 441 g/mol. The van der Waals surface area contributed by atoms with Crippen LogP contribution in [0.25, 0.3) is 5.69 Å². The van der Waals surface area contributed by atoms with Gasteiger partial charge in [0, 0.05) is 43.8 Å². The maximum absolute atomic E-state index is 13.1. The largest absolute Gasteiger partial charge is 0.354 e. The van der Waals surface area contributed by atoms with Gasteiger partial charge in [0.05, 0.1) is 17.9 Å². The number of anilines is 1. The van der Waals surface area contributed by atoms with Gasteiger partial charge in [0.15, 0.2) is 0 Å². The van der Waals surface area contributed by atoms with Crippen molar-refractivity contribution >= 4 is 11.8 Å². The summed E-state index contributed by atoms with van der Waals surface area (Å²) in [6.07, 6.45) is 0.911. The third kappa shape index (κ3) is 5.82. The number of hydrogen-bond donors (Lipinski definition) is 1. The van der Waals surface area contributed by atoms with Crippen molar-refractivity contribution in [2.24, 2.45) is 0 Å². The van der Waals surface area contributed by atoms with E-state index < -0.39 is 0 Å². The van der Waals surface area contributed by atoms with Gasteiger partial charge in [-0.15, -0.1) is 0 Å². The molecule has 2 heterocycles. The summed E-state index contributed by atoms with van der Waals surface area (Å²) in [5.41, 5.74) is 2.89. The van der Waals surface area contributed by atoms with E-state index in [-0.39, 0.29) is 11.6 Å². The van der Waals surface area contributed by atoms with Crippen LogP contribution >= 0.6 is 0 Å². The van der Waals surface area contributed by atoms with E-state index in [1.165, 1.54) is 0 Å². The van der Waals surface area contributed by atoms with Gasteiger partial charge in [-0.2, -0.15) is 5.10 Å². The predicted molar refractivity (Wildman–Crippen MR) is 132 cm³/mol. The fourth-order valence-electron chi connectivity index (χ4n) is 4.20. The molecule has 0 atom stereocenters. The molecule has 1 saturated heterocycles. The van der Waals surface area contributed by atoms with Crippen molar-refractivity contribution in [1.29, 1.82) is 0 Å². The zero-order valence-electron chi connectivity index (χ0n) is 20.7. The summed E-state index contributed by atoms with van der Waals surface area (Å²) in [4.78, 5) is 19.9. The molecule has 0 bridgehead atoms. The van der Waals surface area contributed by atoms with E-state index in [2.05, 4.69) is 52.7 Å². The van der Waals surface area contributed by atoms with Gasteiger partial charge in [-0.1, -0.05) is 32.0 Å². The summed E-state index contributed by atoms with van der Waals surface area (Å²) >= 11 is 0. The smallest absolute Gasteiger partial charge is 0.318 e. The first-order chi connectivity index (χ1) is 15.2. The van der Waals surface area contributed by atoms with Gasteiger partial charge in [0.1, 0.15) is 5.82 Å². The minimum atomic E-state index is -0.272. The number of rotatable bonds is 7. The van der Waals surface area contributed by atoms with E-state index in [0.717, 1.165) is 61.9 Å². The molecule has 0 spiro atoms. The van der Waals surface area contributed by atoms with E-state index in [1.807, 2.05) is 43.9 Å². The van der Waals surface area contributed by atoms with Crippen molar-refractivity contribution in [2.45, 2.75) is 60.0 Å². The number of carbonyl (C=O) groups excluding carboxylic acids is 1. The first kappa shape index (κ1) is 24.1. The molecule has 1 aromatic heterocycles. The lowest BCUT2D eigenvalue weighted by atomic mass is 10.1. The van der Waals surface area contributed by atoms with Crippen LogP contribution in [0.15, 0.2) is 30.3 Å². The first-order valence-corrected chi connectivity index (χ1v) is 11.9. The van der Waals surface area contributed by atoms with Gasteiger partial charge in [-0.25, -0.2) is 9.48 Å². The van der Waals surface area contributed by atoms with Crippen molar-refractivity contribution in [3.63, 3.8) is 0 Å². The second-order valence-corrected chi connectivity index (χ2v) is 9.66. The number of likely N-dealkylation sites (N-methyl/N-ethyl adjacent to an activating group) is 1. The number of nitrogens with one attached hydrogen (secondary N) is 1. The van der Waals surface area contributed by atoms with Crippen LogP contribution in [0.3, 0.4) is 0 Å². The van der Waals surface area contributed by atoms with Crippen LogP contribution in [0, 0.1) is 6.92 Å². The molecule has 7 heteroatoms. The first-order valence-electron chi connectivity index (χ1n) is 11.9. The molecule has 7 nitrogen and oxygen atoms in total. The number of amides is 2. The lowest BCUT2D eigenvalue weighted by Crippen LogP contribution is -2.49. The lowest BCUT2D eigenvalue weighted by molar-refractivity contribution is 0.186. The maximum Gasteiger partial charge on any atom is 0.318 e. The summed E-state index contributed by atoms with van der Waals surface area (Å²) in [7, 11) is 0. The van der Waals surface area contributed by atoms with Crippen LogP contribution in [-0.4, -0.2) is 70.4 Å². The molecule has 1 aromatic carbocycles. The monoisotopic (exact) mass is 440 g/mol. The molecule has 1 fully saturated rings. The van der Waals surface area contributed by atoms with E-state index in [9.17, 15) is 4.79 Å². The van der Waals surface area contributed by atoms with Gasteiger partial charge < -0.3 is 20.0 Å². The molecule has 1 aliphatic heterocycles. The highest BCUT2D eigenvalue weighted by Crippen LogP contribution is 2.30. The Labute approximate surface area is 193 Å². The number of urea groups is 1. The second-order valence-electron chi connectivity index (χ2n) is 9.66. The van der Waals surface area contributed by atoms with Crippen molar-refractivity contribution in [3.8, 4) is 5.69 Å². The van der Waals surface area contributed by atoms with Crippen molar-refractivity contribution in [1.82, 2.24) is 24.9 Å². The molecule has 0 radical (unpaired) electrons. The van der Waals surface area contributed by atoms with Gasteiger partial charge in [0.25, 0.3) is 0 Å². The zero-order chi connectivity index (χ0) is 23.3. The number of nitrogens with zero attached hydrogens (tertiary/aromatic N) is 5. The predicted octanol–water partition coefficient (Wildman–Crippen LogP) is 4.04. The van der Waals surface area contributed by atoms with Crippen molar-refractivity contribution in [2.75, 3.05) is 44.2 Å². The molecule has 176 valence electrons. The van der Waals surface area contributed by atoms with Crippen LogP contribution in [0.2, 0.25) is 0 Å². The number of hydrogen-bond acceptors (Lipinski definition) is 4. The molecular weight excluding hydrogens is 400 g/mol. The Morgan fingerprint density at radius 1 is 1.09 bits per heavy atom. The Morgan fingerprint density at radius 2 is 1.75 bits per heavy atom. The highest BCUT2D eigenvalue weighted by Gasteiger charge is 2.28. The highest BCUT2D eigenvalue weighted by molar-refractivity contribution is 5.75. The number of piperazine rings is 1. The molecule has 1 N–H and O–H groups in total. The Kier molecular flexibility index (Phi) is 7.82. The van der Waals surface area contributed by atoms with E-state index >= 15 is 0 Å². The van der Waals surface area contributed by atoms with Crippen LogP contribution in [0.1, 0.15) is 52.3 Å². The molecule has 2 amide bonds. The summed E-state index contributed by atoms with van der Waals surface area (Å²) in [6.45, 7) is 18.8.